The van der Waals surface area contributed by atoms with Crippen molar-refractivity contribution in [3.8, 4) is 0 Å². The second-order valence-corrected chi connectivity index (χ2v) is 7.00. The Bertz CT molecular complexity index is 763. The van der Waals surface area contributed by atoms with Crippen molar-refractivity contribution in [2.24, 2.45) is 4.99 Å². The summed E-state index contributed by atoms with van der Waals surface area (Å²) in [4.78, 5) is 18.1. The van der Waals surface area contributed by atoms with Crippen molar-refractivity contribution in [3.63, 3.8) is 0 Å². The van der Waals surface area contributed by atoms with E-state index in [-0.39, 0.29) is 24.0 Å². The zero-order valence-electron chi connectivity index (χ0n) is 18.5. The van der Waals surface area contributed by atoms with Gasteiger partial charge in [0.2, 0.25) is 5.95 Å². The van der Waals surface area contributed by atoms with Crippen molar-refractivity contribution in [2.75, 3.05) is 57.4 Å². The molecule has 0 atom stereocenters. The van der Waals surface area contributed by atoms with Gasteiger partial charge in [0, 0.05) is 77.8 Å². The van der Waals surface area contributed by atoms with Crippen LogP contribution in [-0.4, -0.2) is 88.1 Å². The van der Waals surface area contributed by atoms with Gasteiger partial charge in [0.05, 0.1) is 0 Å². The number of hydrogen-bond acceptors (Lipinski definition) is 7. The number of rotatable bonds is 10. The molecule has 1 N–H and O–H groups in total. The van der Waals surface area contributed by atoms with E-state index in [4.69, 9.17) is 9.73 Å². The Morgan fingerprint density at radius 2 is 1.94 bits per heavy atom. The summed E-state index contributed by atoms with van der Waals surface area (Å²) in [5, 5.41) is 11.7. The van der Waals surface area contributed by atoms with Crippen molar-refractivity contribution in [3.05, 3.63) is 30.6 Å². The number of piperazine rings is 1. The maximum absolute atomic E-state index is 5.44. The molecule has 0 aliphatic carbocycles. The Kier molecular flexibility index (Phi) is 11.5. The van der Waals surface area contributed by atoms with Crippen LogP contribution in [0.2, 0.25) is 0 Å². The molecule has 2 aromatic rings. The summed E-state index contributed by atoms with van der Waals surface area (Å²) < 4.78 is 7.53. The van der Waals surface area contributed by atoms with Gasteiger partial charge in [-0.2, -0.15) is 0 Å². The highest BCUT2D eigenvalue weighted by Crippen LogP contribution is 2.10. The predicted octanol–water partition coefficient (Wildman–Crippen LogP) is 1.44. The fourth-order valence-corrected chi connectivity index (χ4v) is 3.36. The second kappa shape index (κ2) is 14.1. The maximum Gasteiger partial charge on any atom is 0.225 e. The lowest BCUT2D eigenvalue weighted by Crippen LogP contribution is -2.53. The first-order chi connectivity index (χ1) is 14.8. The lowest BCUT2D eigenvalue weighted by molar-refractivity contribution is 0.146. The van der Waals surface area contributed by atoms with E-state index < -0.39 is 0 Å². The van der Waals surface area contributed by atoms with Crippen LogP contribution >= 0.6 is 24.0 Å². The molecule has 0 aromatic carbocycles. The predicted molar refractivity (Wildman–Crippen MR) is 132 cm³/mol. The number of halogens is 1. The first kappa shape index (κ1) is 25.2. The minimum absolute atomic E-state index is 0. The van der Waals surface area contributed by atoms with Gasteiger partial charge < -0.3 is 24.4 Å². The van der Waals surface area contributed by atoms with Gasteiger partial charge in [0.25, 0.3) is 0 Å². The van der Waals surface area contributed by atoms with Crippen molar-refractivity contribution in [2.45, 2.75) is 33.2 Å². The molecule has 31 heavy (non-hydrogen) atoms. The van der Waals surface area contributed by atoms with Crippen LogP contribution in [0.25, 0.3) is 0 Å². The highest BCUT2D eigenvalue weighted by Gasteiger charge is 2.21. The first-order valence-electron chi connectivity index (χ1n) is 10.8. The molecule has 0 saturated carbocycles. The third-order valence-electron chi connectivity index (χ3n) is 4.97. The maximum atomic E-state index is 5.44. The van der Waals surface area contributed by atoms with E-state index in [9.17, 15) is 0 Å². The number of guanidine groups is 1. The van der Waals surface area contributed by atoms with Crippen molar-refractivity contribution in [1.29, 1.82) is 0 Å². The Labute approximate surface area is 201 Å². The molecule has 3 heterocycles. The molecule has 1 aliphatic rings. The molecule has 0 spiro atoms. The smallest absolute Gasteiger partial charge is 0.225 e. The number of aryl methyl sites for hydroxylation is 1. The molecule has 1 fully saturated rings. The van der Waals surface area contributed by atoms with Crippen molar-refractivity contribution in [1.82, 2.24) is 34.9 Å². The number of ether oxygens (including phenoxy) is 1. The third-order valence-corrected chi connectivity index (χ3v) is 4.97. The van der Waals surface area contributed by atoms with E-state index in [1.54, 1.807) is 18.7 Å². The number of hydrogen-bond donors (Lipinski definition) is 1. The summed E-state index contributed by atoms with van der Waals surface area (Å²) in [7, 11) is 0. The van der Waals surface area contributed by atoms with E-state index >= 15 is 0 Å². The first-order valence-corrected chi connectivity index (χ1v) is 10.8. The summed E-state index contributed by atoms with van der Waals surface area (Å²) in [6.07, 6.45) is 7.16. The van der Waals surface area contributed by atoms with Gasteiger partial charge in [-0.15, -0.1) is 34.2 Å². The summed E-state index contributed by atoms with van der Waals surface area (Å²) in [5.74, 6) is 2.75. The Morgan fingerprint density at radius 1 is 1.16 bits per heavy atom. The molecule has 0 amide bonds. The topological polar surface area (TPSA) is 96.6 Å². The lowest BCUT2D eigenvalue weighted by Gasteiger charge is -2.36. The van der Waals surface area contributed by atoms with Gasteiger partial charge in [0.15, 0.2) is 5.96 Å². The fourth-order valence-electron chi connectivity index (χ4n) is 3.36. The van der Waals surface area contributed by atoms with Gasteiger partial charge in [-0.05, 0) is 19.4 Å². The zero-order valence-corrected chi connectivity index (χ0v) is 20.8. The highest BCUT2D eigenvalue weighted by atomic mass is 127. The minimum Gasteiger partial charge on any atom is -0.382 e. The number of anilines is 1. The molecule has 3 rings (SSSR count). The average Bonchev–Trinajstić information content (AvgIpc) is 3.26. The van der Waals surface area contributed by atoms with E-state index in [1.165, 1.54) is 0 Å². The monoisotopic (exact) mass is 543 g/mol. The van der Waals surface area contributed by atoms with E-state index in [2.05, 4.69) is 46.8 Å². The van der Waals surface area contributed by atoms with Crippen molar-refractivity contribution >= 4 is 35.9 Å². The summed E-state index contributed by atoms with van der Waals surface area (Å²) in [5.41, 5.74) is 0. The molecular weight excluding hydrogens is 509 g/mol. The second-order valence-electron chi connectivity index (χ2n) is 7.00. The average molecular weight is 543 g/mol. The van der Waals surface area contributed by atoms with E-state index in [0.717, 1.165) is 89.6 Å². The SMILES string of the molecule is CCOCCCN=C(NCCn1cnnc1CC)N1CCN(c2ncccn2)CC1.I. The van der Waals surface area contributed by atoms with Crippen LogP contribution in [-0.2, 0) is 17.7 Å². The van der Waals surface area contributed by atoms with Crippen LogP contribution in [0.3, 0.4) is 0 Å². The molecule has 0 bridgehead atoms. The molecule has 10 nitrogen and oxygen atoms in total. The molecular formula is C20H34IN9O. The molecule has 1 saturated heterocycles. The summed E-state index contributed by atoms with van der Waals surface area (Å²) >= 11 is 0. The number of aromatic nitrogens is 5. The van der Waals surface area contributed by atoms with Crippen LogP contribution in [0.15, 0.2) is 29.8 Å². The van der Waals surface area contributed by atoms with E-state index in [1.807, 2.05) is 13.0 Å². The van der Waals surface area contributed by atoms with Crippen LogP contribution in [0.1, 0.15) is 26.1 Å². The van der Waals surface area contributed by atoms with Gasteiger partial charge in [-0.3, -0.25) is 4.99 Å². The van der Waals surface area contributed by atoms with Gasteiger partial charge in [-0.1, -0.05) is 6.92 Å². The van der Waals surface area contributed by atoms with Crippen LogP contribution < -0.4 is 10.2 Å². The molecule has 0 radical (unpaired) electrons. The van der Waals surface area contributed by atoms with Crippen LogP contribution in [0, 0.1) is 0 Å². The molecule has 0 unspecified atom stereocenters. The highest BCUT2D eigenvalue weighted by molar-refractivity contribution is 14.0. The van der Waals surface area contributed by atoms with Gasteiger partial charge >= 0.3 is 0 Å². The molecule has 11 heteroatoms. The quantitative estimate of drug-likeness (QED) is 0.208. The zero-order chi connectivity index (χ0) is 21.0. The lowest BCUT2D eigenvalue weighted by atomic mass is 10.3. The summed E-state index contributed by atoms with van der Waals surface area (Å²) in [6, 6.07) is 1.84. The molecule has 172 valence electrons. The van der Waals surface area contributed by atoms with Gasteiger partial charge in [-0.25, -0.2) is 9.97 Å². The van der Waals surface area contributed by atoms with Crippen LogP contribution in [0.4, 0.5) is 5.95 Å². The Morgan fingerprint density at radius 3 is 2.65 bits per heavy atom. The largest absolute Gasteiger partial charge is 0.382 e. The number of nitrogens with zero attached hydrogens (tertiary/aromatic N) is 8. The Balaban J connectivity index is 0.00000341. The van der Waals surface area contributed by atoms with Crippen LogP contribution in [0.5, 0.6) is 0 Å². The Hall–Kier alpha value is -2.02. The standard InChI is InChI=1S/C20H33N9O.HI/c1-3-18-26-25-17-29(18)11-10-24-20(23-9-6-16-30-4-2)28-14-12-27(13-15-28)19-21-7-5-8-22-19;/h5,7-8,17H,3-4,6,9-16H2,1-2H3,(H,23,24);1H. The number of nitrogens with one attached hydrogen (secondary N) is 1. The number of aliphatic imine (C=N–C) groups is 1. The van der Waals surface area contributed by atoms with Gasteiger partial charge in [0.1, 0.15) is 12.2 Å². The summed E-state index contributed by atoms with van der Waals surface area (Å²) in [6.45, 7) is 11.4. The van der Waals surface area contributed by atoms with Crippen molar-refractivity contribution < 1.29 is 4.74 Å². The fraction of sp³-hybridized carbons (Fsp3) is 0.650. The van der Waals surface area contributed by atoms with E-state index in [0.29, 0.717) is 0 Å². The molecule has 1 aliphatic heterocycles. The third kappa shape index (κ3) is 7.87. The molecule has 2 aromatic heterocycles. The minimum atomic E-state index is 0. The normalized spacial score (nSPS) is 14.5.